The fourth-order valence-corrected chi connectivity index (χ4v) is 2.20. The summed E-state index contributed by atoms with van der Waals surface area (Å²) in [6.45, 7) is 0. The van der Waals surface area contributed by atoms with E-state index in [9.17, 15) is 9.50 Å². The molecule has 2 nitrogen and oxygen atoms in total. The molecule has 0 aliphatic rings. The van der Waals surface area contributed by atoms with E-state index in [4.69, 9.17) is 0 Å². The van der Waals surface area contributed by atoms with Gasteiger partial charge in [-0.1, -0.05) is 22.0 Å². The van der Waals surface area contributed by atoms with Crippen molar-refractivity contribution in [2.24, 2.45) is 0 Å². The molecule has 0 bridgehead atoms. The summed E-state index contributed by atoms with van der Waals surface area (Å²) < 4.78 is 14.1. The van der Waals surface area contributed by atoms with Crippen LogP contribution in [0.5, 0.6) is 0 Å². The first-order valence-electron chi connectivity index (χ1n) is 4.21. The first-order chi connectivity index (χ1) is 7.18. The van der Waals surface area contributed by atoms with Crippen LogP contribution in [0.4, 0.5) is 4.39 Å². The van der Waals surface area contributed by atoms with Crippen molar-refractivity contribution in [3.05, 3.63) is 50.6 Å². The molecule has 1 aromatic heterocycles. The summed E-state index contributed by atoms with van der Waals surface area (Å²) in [5.41, 5.74) is 0.244. The number of halogens is 2. The fraction of sp³-hybridized carbons (Fsp3) is 0.100. The molecule has 78 valence electrons. The highest BCUT2D eigenvalue weighted by Crippen LogP contribution is 2.27. The average molecular weight is 288 g/mol. The van der Waals surface area contributed by atoms with Gasteiger partial charge in [0.25, 0.3) is 0 Å². The third-order valence-electron chi connectivity index (χ3n) is 1.94. The molecule has 0 radical (unpaired) electrons. The minimum absolute atomic E-state index is 0.244. The maximum absolute atomic E-state index is 13.5. The number of hydrogen-bond acceptors (Lipinski definition) is 3. The Bertz CT molecular complexity index is 460. The summed E-state index contributed by atoms with van der Waals surface area (Å²) in [6.07, 6.45) is 0.595. The zero-order valence-electron chi connectivity index (χ0n) is 7.52. The molecule has 0 fully saturated rings. The molecule has 2 rings (SSSR count). The van der Waals surface area contributed by atoms with E-state index < -0.39 is 11.9 Å². The van der Waals surface area contributed by atoms with Gasteiger partial charge in [0.15, 0.2) is 0 Å². The van der Waals surface area contributed by atoms with Crippen LogP contribution in [0.1, 0.15) is 16.7 Å². The Balaban J connectivity index is 2.38. The van der Waals surface area contributed by atoms with Crippen molar-refractivity contribution in [3.8, 4) is 0 Å². The van der Waals surface area contributed by atoms with Crippen LogP contribution >= 0.6 is 27.3 Å². The fourth-order valence-electron chi connectivity index (χ4n) is 1.23. The maximum atomic E-state index is 13.5. The normalized spacial score (nSPS) is 12.7. The lowest BCUT2D eigenvalue weighted by atomic mass is 10.1. The predicted molar refractivity (Wildman–Crippen MR) is 60.3 cm³/mol. The van der Waals surface area contributed by atoms with Crippen molar-refractivity contribution in [1.29, 1.82) is 0 Å². The van der Waals surface area contributed by atoms with Crippen molar-refractivity contribution < 1.29 is 9.50 Å². The topological polar surface area (TPSA) is 33.1 Å². The van der Waals surface area contributed by atoms with Crippen molar-refractivity contribution in [3.63, 3.8) is 0 Å². The van der Waals surface area contributed by atoms with Crippen LogP contribution in [0, 0.1) is 5.82 Å². The summed E-state index contributed by atoms with van der Waals surface area (Å²) in [6, 6.07) is 4.56. The zero-order chi connectivity index (χ0) is 10.8. The van der Waals surface area contributed by atoms with Gasteiger partial charge < -0.3 is 5.11 Å². The van der Waals surface area contributed by atoms with E-state index in [2.05, 4.69) is 20.9 Å². The molecular weight excluding hydrogens is 281 g/mol. The van der Waals surface area contributed by atoms with Crippen molar-refractivity contribution in [2.45, 2.75) is 6.10 Å². The summed E-state index contributed by atoms with van der Waals surface area (Å²) >= 11 is 4.46. The van der Waals surface area contributed by atoms with E-state index >= 15 is 0 Å². The monoisotopic (exact) mass is 287 g/mol. The molecule has 0 aliphatic carbocycles. The Kier molecular flexibility index (Phi) is 3.14. The van der Waals surface area contributed by atoms with E-state index in [1.54, 1.807) is 23.7 Å². The third-order valence-corrected chi connectivity index (χ3v) is 3.26. The second-order valence-corrected chi connectivity index (χ2v) is 4.78. The molecule has 1 atom stereocenters. The molecule has 0 amide bonds. The van der Waals surface area contributed by atoms with Gasteiger partial charge in [0.1, 0.15) is 16.9 Å². The lowest BCUT2D eigenvalue weighted by Crippen LogP contribution is -2.01. The number of aliphatic hydroxyl groups is 1. The number of rotatable bonds is 2. The van der Waals surface area contributed by atoms with Gasteiger partial charge in [0.2, 0.25) is 0 Å². The minimum atomic E-state index is -0.988. The molecule has 1 aromatic carbocycles. The standard InChI is InChI=1S/C10H7BrFNOS/c11-6-1-2-7(8(12)5-6)9(14)10-13-3-4-15-10/h1-5,9,14H. The van der Waals surface area contributed by atoms with Crippen molar-refractivity contribution in [1.82, 2.24) is 4.98 Å². The predicted octanol–water partition coefficient (Wildman–Crippen LogP) is 3.13. The molecule has 0 saturated heterocycles. The van der Waals surface area contributed by atoms with E-state index in [1.165, 1.54) is 17.4 Å². The van der Waals surface area contributed by atoms with Crippen LogP contribution in [0.15, 0.2) is 34.2 Å². The van der Waals surface area contributed by atoms with Crippen molar-refractivity contribution >= 4 is 27.3 Å². The molecule has 0 aliphatic heterocycles. The summed E-state index contributed by atoms with van der Waals surface area (Å²) in [4.78, 5) is 3.95. The highest BCUT2D eigenvalue weighted by Gasteiger charge is 2.16. The van der Waals surface area contributed by atoms with Gasteiger partial charge in [-0.2, -0.15) is 0 Å². The number of benzene rings is 1. The van der Waals surface area contributed by atoms with Crippen LogP contribution in [-0.4, -0.2) is 10.1 Å². The van der Waals surface area contributed by atoms with Crippen LogP contribution in [0.25, 0.3) is 0 Å². The summed E-state index contributed by atoms with van der Waals surface area (Å²) in [5, 5.41) is 12.1. The lowest BCUT2D eigenvalue weighted by Gasteiger charge is -2.08. The third kappa shape index (κ3) is 2.25. The summed E-state index contributed by atoms with van der Waals surface area (Å²) in [5.74, 6) is -0.438. The number of aromatic nitrogens is 1. The van der Waals surface area contributed by atoms with Crippen LogP contribution in [-0.2, 0) is 0 Å². The second-order valence-electron chi connectivity index (χ2n) is 2.94. The van der Waals surface area contributed by atoms with Gasteiger partial charge in [0, 0.05) is 21.6 Å². The van der Waals surface area contributed by atoms with Gasteiger partial charge >= 0.3 is 0 Å². The first-order valence-corrected chi connectivity index (χ1v) is 5.88. The van der Waals surface area contributed by atoms with Gasteiger partial charge in [-0.15, -0.1) is 11.3 Å². The molecule has 0 saturated carbocycles. The molecule has 0 spiro atoms. The maximum Gasteiger partial charge on any atom is 0.133 e. The van der Waals surface area contributed by atoms with Gasteiger partial charge in [-0.3, -0.25) is 0 Å². The second kappa shape index (κ2) is 4.38. The van der Waals surface area contributed by atoms with Crippen LogP contribution in [0.2, 0.25) is 0 Å². The lowest BCUT2D eigenvalue weighted by molar-refractivity contribution is 0.214. The highest BCUT2D eigenvalue weighted by molar-refractivity contribution is 9.10. The van der Waals surface area contributed by atoms with E-state index in [0.29, 0.717) is 9.48 Å². The molecule has 2 aromatic rings. The number of nitrogens with zero attached hydrogens (tertiary/aromatic N) is 1. The highest BCUT2D eigenvalue weighted by atomic mass is 79.9. The Morgan fingerprint density at radius 3 is 2.87 bits per heavy atom. The molecule has 1 N–H and O–H groups in total. The molecule has 1 heterocycles. The van der Waals surface area contributed by atoms with E-state index in [1.807, 2.05) is 0 Å². The Morgan fingerprint density at radius 2 is 2.27 bits per heavy atom. The molecule has 5 heteroatoms. The Hall–Kier alpha value is -0.780. The zero-order valence-corrected chi connectivity index (χ0v) is 9.93. The number of aliphatic hydroxyl groups excluding tert-OH is 1. The largest absolute Gasteiger partial charge is 0.381 e. The van der Waals surface area contributed by atoms with Gasteiger partial charge in [-0.25, -0.2) is 9.37 Å². The SMILES string of the molecule is OC(c1nccs1)c1ccc(Br)cc1F. The van der Waals surface area contributed by atoms with Crippen LogP contribution in [0.3, 0.4) is 0 Å². The van der Waals surface area contributed by atoms with Gasteiger partial charge in [0.05, 0.1) is 0 Å². The minimum Gasteiger partial charge on any atom is -0.381 e. The van der Waals surface area contributed by atoms with E-state index in [-0.39, 0.29) is 5.56 Å². The van der Waals surface area contributed by atoms with E-state index in [0.717, 1.165) is 0 Å². The Morgan fingerprint density at radius 1 is 1.47 bits per heavy atom. The number of hydrogen-bond donors (Lipinski definition) is 1. The quantitative estimate of drug-likeness (QED) is 0.921. The average Bonchev–Trinajstić information content (AvgIpc) is 2.69. The Labute approximate surface area is 98.5 Å². The summed E-state index contributed by atoms with van der Waals surface area (Å²) in [7, 11) is 0. The molecular formula is C10H7BrFNOS. The number of thiazole rings is 1. The van der Waals surface area contributed by atoms with Gasteiger partial charge in [-0.05, 0) is 12.1 Å². The van der Waals surface area contributed by atoms with Crippen molar-refractivity contribution in [2.75, 3.05) is 0 Å². The van der Waals surface area contributed by atoms with Crippen LogP contribution < -0.4 is 0 Å². The first kappa shape index (κ1) is 10.7. The smallest absolute Gasteiger partial charge is 0.133 e. The molecule has 1 unspecified atom stereocenters. The molecule has 15 heavy (non-hydrogen) atoms.